The first-order valence-corrected chi connectivity index (χ1v) is 5.09. The highest BCUT2D eigenvalue weighted by Crippen LogP contribution is 2.26. The number of carbonyl (C=O) groups excluding carboxylic acids is 1. The van der Waals surface area contributed by atoms with Crippen molar-refractivity contribution in [3.63, 3.8) is 0 Å². The van der Waals surface area contributed by atoms with E-state index in [0.717, 1.165) is 18.3 Å². The Labute approximate surface area is 88.0 Å². The summed E-state index contributed by atoms with van der Waals surface area (Å²) in [6, 6.07) is 1.66. The molecule has 0 aromatic carbocycles. The number of halogens is 3. The Morgan fingerprint density at radius 1 is 1.38 bits per heavy atom. The van der Waals surface area contributed by atoms with E-state index in [1.165, 1.54) is 0 Å². The van der Waals surface area contributed by atoms with Crippen molar-refractivity contribution in [1.82, 2.24) is 4.98 Å². The van der Waals surface area contributed by atoms with Crippen molar-refractivity contribution in [3.8, 4) is 5.75 Å². The van der Waals surface area contributed by atoms with Crippen LogP contribution in [-0.4, -0.2) is 25.2 Å². The number of alkyl halides is 3. The van der Waals surface area contributed by atoms with E-state index in [-0.39, 0.29) is 12.0 Å². The van der Waals surface area contributed by atoms with Gasteiger partial charge >= 0.3 is 15.6 Å². The lowest BCUT2D eigenvalue weighted by Crippen LogP contribution is -2.28. The fraction of sp³-hybridized carbons (Fsp3) is 0.143. The van der Waals surface area contributed by atoms with Gasteiger partial charge in [-0.05, 0) is 0 Å². The van der Waals surface area contributed by atoms with Crippen molar-refractivity contribution in [1.29, 1.82) is 0 Å². The van der Waals surface area contributed by atoms with Gasteiger partial charge < -0.3 is 4.18 Å². The minimum Gasteiger partial charge on any atom is -0.376 e. The molecule has 1 heterocycles. The van der Waals surface area contributed by atoms with Crippen LogP contribution >= 0.6 is 0 Å². The van der Waals surface area contributed by atoms with Crippen molar-refractivity contribution in [2.75, 3.05) is 0 Å². The molecule has 1 aromatic heterocycles. The van der Waals surface area contributed by atoms with E-state index in [4.69, 9.17) is 0 Å². The van der Waals surface area contributed by atoms with Gasteiger partial charge in [-0.25, -0.2) is 0 Å². The van der Waals surface area contributed by atoms with Gasteiger partial charge in [-0.2, -0.15) is 21.6 Å². The summed E-state index contributed by atoms with van der Waals surface area (Å²) in [5, 5.41) is 0. The highest BCUT2D eigenvalue weighted by molar-refractivity contribution is 7.87. The number of nitrogens with zero attached hydrogens (tertiary/aromatic N) is 1. The van der Waals surface area contributed by atoms with Crippen molar-refractivity contribution < 1.29 is 30.6 Å². The van der Waals surface area contributed by atoms with E-state index >= 15 is 0 Å². The van der Waals surface area contributed by atoms with Gasteiger partial charge in [-0.15, -0.1) is 0 Å². The van der Waals surface area contributed by atoms with E-state index in [1.807, 2.05) is 0 Å². The Kier molecular flexibility index (Phi) is 3.17. The fourth-order valence-corrected chi connectivity index (χ4v) is 1.17. The number of aldehydes is 1. The molecule has 0 aliphatic heterocycles. The number of hydrogen-bond donors (Lipinski definition) is 0. The van der Waals surface area contributed by atoms with Crippen LogP contribution in [-0.2, 0) is 10.1 Å². The quantitative estimate of drug-likeness (QED) is 0.459. The van der Waals surface area contributed by atoms with E-state index < -0.39 is 21.4 Å². The third-order valence-corrected chi connectivity index (χ3v) is 2.34. The van der Waals surface area contributed by atoms with Crippen LogP contribution in [0.2, 0.25) is 0 Å². The van der Waals surface area contributed by atoms with Crippen molar-refractivity contribution >= 4 is 16.4 Å². The minimum absolute atomic E-state index is 0.241. The summed E-state index contributed by atoms with van der Waals surface area (Å²) < 4.78 is 60.6. The lowest BCUT2D eigenvalue weighted by atomic mass is 10.3. The summed E-state index contributed by atoms with van der Waals surface area (Å²) in [4.78, 5) is 13.7. The van der Waals surface area contributed by atoms with Crippen LogP contribution < -0.4 is 4.18 Å². The zero-order valence-corrected chi connectivity index (χ0v) is 8.25. The van der Waals surface area contributed by atoms with E-state index in [2.05, 4.69) is 9.17 Å². The number of aromatic nitrogens is 1. The molecule has 88 valence electrons. The molecule has 0 radical (unpaired) electrons. The molecule has 0 saturated heterocycles. The molecule has 0 amide bonds. The van der Waals surface area contributed by atoms with Gasteiger partial charge in [-0.3, -0.25) is 9.78 Å². The largest absolute Gasteiger partial charge is 0.534 e. The lowest BCUT2D eigenvalue weighted by molar-refractivity contribution is -0.0500. The first-order chi connectivity index (χ1) is 7.26. The van der Waals surface area contributed by atoms with Crippen LogP contribution in [0.5, 0.6) is 5.75 Å². The van der Waals surface area contributed by atoms with Crippen molar-refractivity contribution in [2.24, 2.45) is 0 Å². The van der Waals surface area contributed by atoms with Crippen LogP contribution in [0.3, 0.4) is 0 Å². The molecule has 9 heteroatoms. The van der Waals surface area contributed by atoms with Gasteiger partial charge in [0.2, 0.25) is 0 Å². The number of hydrogen-bond acceptors (Lipinski definition) is 5. The summed E-state index contributed by atoms with van der Waals surface area (Å²) in [6.07, 6.45) is 1.19. The molecule has 0 aliphatic carbocycles. The topological polar surface area (TPSA) is 73.3 Å². The monoisotopic (exact) mass is 255 g/mol. The van der Waals surface area contributed by atoms with Crippen LogP contribution in [0.4, 0.5) is 13.2 Å². The Hall–Kier alpha value is -1.64. The van der Waals surface area contributed by atoms with Crippen molar-refractivity contribution in [2.45, 2.75) is 5.51 Å². The molecular formula is C7H4F3NO4S. The van der Waals surface area contributed by atoms with Crippen molar-refractivity contribution in [3.05, 3.63) is 24.0 Å². The lowest BCUT2D eigenvalue weighted by Gasteiger charge is -2.08. The minimum atomic E-state index is -5.72. The first kappa shape index (κ1) is 12.4. The molecule has 0 saturated carbocycles. The Bertz CT molecular complexity index is 497. The molecule has 0 fully saturated rings. The average molecular weight is 255 g/mol. The Morgan fingerprint density at radius 2 is 2.00 bits per heavy atom. The molecule has 1 aromatic rings. The third-order valence-electron chi connectivity index (χ3n) is 1.36. The maximum absolute atomic E-state index is 11.9. The molecule has 5 nitrogen and oxygen atoms in total. The van der Waals surface area contributed by atoms with Crippen LogP contribution in [0.25, 0.3) is 0 Å². The molecule has 16 heavy (non-hydrogen) atoms. The molecule has 0 spiro atoms. The summed E-state index contributed by atoms with van der Waals surface area (Å²) in [6.45, 7) is 0. The maximum Gasteiger partial charge on any atom is 0.534 e. The third kappa shape index (κ3) is 2.69. The van der Waals surface area contributed by atoms with Crippen LogP contribution in [0.1, 0.15) is 10.5 Å². The Morgan fingerprint density at radius 3 is 2.50 bits per heavy atom. The molecular weight excluding hydrogens is 251 g/mol. The SMILES string of the molecule is O=Cc1cc(OS(=O)(=O)C(F)(F)F)ccn1. The van der Waals surface area contributed by atoms with E-state index in [9.17, 15) is 26.4 Å². The normalized spacial score (nSPS) is 12.2. The van der Waals surface area contributed by atoms with E-state index in [1.54, 1.807) is 0 Å². The molecule has 1 rings (SSSR count). The number of rotatable bonds is 3. The zero-order chi connectivity index (χ0) is 12.4. The molecule has 0 unspecified atom stereocenters. The predicted octanol–water partition coefficient (Wildman–Crippen LogP) is 1.12. The zero-order valence-electron chi connectivity index (χ0n) is 7.43. The second-order valence-corrected chi connectivity index (χ2v) is 4.06. The maximum atomic E-state index is 11.9. The van der Waals surface area contributed by atoms with Gasteiger partial charge in [-0.1, -0.05) is 0 Å². The second kappa shape index (κ2) is 4.08. The summed E-state index contributed by atoms with van der Waals surface area (Å²) in [5.74, 6) is -0.630. The van der Waals surface area contributed by atoms with Gasteiger partial charge in [0.25, 0.3) is 0 Å². The van der Waals surface area contributed by atoms with Crippen LogP contribution in [0.15, 0.2) is 18.3 Å². The number of carbonyl (C=O) groups is 1. The molecule has 0 N–H and O–H groups in total. The van der Waals surface area contributed by atoms with Gasteiger partial charge in [0, 0.05) is 18.3 Å². The first-order valence-electron chi connectivity index (χ1n) is 3.68. The van der Waals surface area contributed by atoms with Gasteiger partial charge in [0.05, 0.1) is 0 Å². The highest BCUT2D eigenvalue weighted by atomic mass is 32.2. The van der Waals surface area contributed by atoms with Crippen LogP contribution in [0, 0.1) is 0 Å². The molecule has 0 atom stereocenters. The predicted molar refractivity (Wildman–Crippen MR) is 45.2 cm³/mol. The fourth-order valence-electron chi connectivity index (χ4n) is 0.718. The Balaban J connectivity index is 3.02. The second-order valence-electron chi connectivity index (χ2n) is 2.52. The summed E-state index contributed by atoms with van der Waals surface area (Å²) >= 11 is 0. The van der Waals surface area contributed by atoms with Gasteiger partial charge in [0.1, 0.15) is 11.4 Å². The smallest absolute Gasteiger partial charge is 0.376 e. The summed E-state index contributed by atoms with van der Waals surface area (Å²) in [5.41, 5.74) is -5.76. The average Bonchev–Trinajstić information content (AvgIpc) is 2.15. The standard InChI is InChI=1S/C7H4F3NO4S/c8-7(9,10)16(13,14)15-6-1-2-11-5(3-6)4-12/h1-4H. The van der Waals surface area contributed by atoms with Gasteiger partial charge in [0.15, 0.2) is 6.29 Å². The molecule has 0 aliphatic rings. The molecule has 0 bridgehead atoms. The highest BCUT2D eigenvalue weighted by Gasteiger charge is 2.48. The summed E-state index contributed by atoms with van der Waals surface area (Å²) in [7, 11) is -5.72. The van der Waals surface area contributed by atoms with E-state index in [0.29, 0.717) is 0 Å². The number of pyridine rings is 1.